The zero-order valence-electron chi connectivity index (χ0n) is 8.26. The van der Waals surface area contributed by atoms with E-state index in [4.69, 9.17) is 4.53 Å². The minimum absolute atomic E-state index is 0. The fraction of sp³-hybridized carbons (Fsp3) is 1.00. The van der Waals surface area contributed by atoms with Gasteiger partial charge in [0, 0.05) is 4.91 Å². The third kappa shape index (κ3) is 8.09. The molecule has 0 rings (SSSR count). The minimum atomic E-state index is -1.78. The van der Waals surface area contributed by atoms with Crippen LogP contribution in [0.25, 0.3) is 0 Å². The van der Waals surface area contributed by atoms with E-state index < -0.39 is 16.6 Å². The van der Waals surface area contributed by atoms with Gasteiger partial charge >= 0.3 is 67.9 Å². The fourth-order valence-corrected chi connectivity index (χ4v) is 2.80. The third-order valence-corrected chi connectivity index (χ3v) is 2.99. The van der Waals surface area contributed by atoms with Crippen molar-refractivity contribution in [2.24, 2.45) is 0 Å². The Kier molecular flexibility index (Phi) is 7.13. The van der Waals surface area contributed by atoms with Crippen LogP contribution >= 0.6 is 0 Å². The molecule has 0 aliphatic carbocycles. The first kappa shape index (κ1) is 15.9. The molecule has 0 aromatic carbocycles. The maximum absolute atomic E-state index is 11.3. The van der Waals surface area contributed by atoms with E-state index in [1.165, 1.54) is 0 Å². The van der Waals surface area contributed by atoms with Crippen molar-refractivity contribution in [3.05, 3.63) is 4.91 Å². The summed E-state index contributed by atoms with van der Waals surface area (Å²) in [6.45, 7) is 12.0. The molecule has 0 aromatic heterocycles. The Balaban J connectivity index is 0. The van der Waals surface area contributed by atoms with E-state index in [-0.39, 0.29) is 51.4 Å². The molecule has 0 heterocycles. The van der Waals surface area contributed by atoms with Gasteiger partial charge in [0.1, 0.15) is 4.59 Å². The van der Waals surface area contributed by atoms with E-state index in [0.717, 1.165) is 4.59 Å². The molecule has 6 heteroatoms. The second-order valence-electron chi connectivity index (χ2n) is 4.63. The Bertz CT molecular complexity index is 162. The van der Waals surface area contributed by atoms with Gasteiger partial charge in [-0.15, -0.1) is 0 Å². The zero-order chi connectivity index (χ0) is 9.28. The quantitative estimate of drug-likeness (QED) is 0.548. The van der Waals surface area contributed by atoms with Gasteiger partial charge in [0.05, 0.1) is 0 Å². The van der Waals surface area contributed by atoms with E-state index in [1.54, 1.807) is 0 Å². The predicted molar refractivity (Wildman–Crippen MR) is 58.6 cm³/mol. The first-order valence-electron chi connectivity index (χ1n) is 3.79. The summed E-state index contributed by atoms with van der Waals surface area (Å²) in [7, 11) is -3.46. The Morgan fingerprint density at radius 3 is 1.42 bits per heavy atom. The molecule has 0 aromatic rings. The molecule has 0 N–H and O–H groups in total. The van der Waals surface area contributed by atoms with Gasteiger partial charge in [-0.05, 0) is 39.3 Å². The number of rotatable bonds is 3. The van der Waals surface area contributed by atoms with Gasteiger partial charge in [0.2, 0.25) is 0 Å². The van der Waals surface area contributed by atoms with Gasteiger partial charge in [0.15, 0.2) is 0 Å². The first-order chi connectivity index (χ1) is 4.63. The molecule has 0 bridgehead atoms. The molecule has 0 fully saturated rings. The molecular formula is C6H19KNO2Si2+. The summed E-state index contributed by atoms with van der Waals surface area (Å²) in [5, 5.41) is 0. The van der Waals surface area contributed by atoms with Gasteiger partial charge in [-0.2, -0.15) is 0 Å². The summed E-state index contributed by atoms with van der Waals surface area (Å²) >= 11 is 0. The van der Waals surface area contributed by atoms with Crippen LogP contribution in [0.3, 0.4) is 0 Å². The van der Waals surface area contributed by atoms with E-state index >= 15 is 0 Å². The van der Waals surface area contributed by atoms with Gasteiger partial charge in [-0.25, -0.2) is 0 Å². The molecule has 0 radical (unpaired) electrons. The molecule has 3 nitrogen and oxygen atoms in total. The normalized spacial score (nSPS) is 11.8. The van der Waals surface area contributed by atoms with Crippen LogP contribution in [0.5, 0.6) is 0 Å². The molecule has 0 amide bonds. The number of hydrogen-bond donors (Lipinski definition) is 0. The van der Waals surface area contributed by atoms with Crippen molar-refractivity contribution in [3.8, 4) is 0 Å². The van der Waals surface area contributed by atoms with Crippen molar-refractivity contribution in [2.75, 3.05) is 0 Å². The zero-order valence-corrected chi connectivity index (χ0v) is 10.3. The van der Waals surface area contributed by atoms with Gasteiger partial charge in [0.25, 0.3) is 0 Å². The van der Waals surface area contributed by atoms with E-state index in [0.29, 0.717) is 0 Å². The Morgan fingerprint density at radius 1 is 1.00 bits per heavy atom. The van der Waals surface area contributed by atoms with Crippen LogP contribution < -0.4 is 0 Å². The topological polar surface area (TPSA) is 29.3 Å². The molecular weight excluding hydrogens is 213 g/mol. The molecule has 0 saturated carbocycles. The average molecular weight is 232 g/mol. The van der Waals surface area contributed by atoms with E-state index in [2.05, 4.69) is 0 Å². The van der Waals surface area contributed by atoms with Crippen LogP contribution in [0.1, 0.15) is 0 Å². The van der Waals surface area contributed by atoms with Crippen molar-refractivity contribution < 1.29 is 9.12 Å². The number of nitrogens with zero attached hydrogens (tertiary/aromatic N) is 1. The molecule has 0 saturated heterocycles. The van der Waals surface area contributed by atoms with Crippen molar-refractivity contribution in [1.29, 1.82) is 0 Å². The Morgan fingerprint density at radius 2 is 1.33 bits per heavy atom. The standard InChI is InChI=1S/C6H18NO2Si2.K.H/c1-10(2,3)7(8)9-11(4,5)6;;/h1-6H3;;/q+1;;. The average Bonchev–Trinajstić information content (AvgIpc) is 1.56. The van der Waals surface area contributed by atoms with Crippen LogP contribution in [-0.2, 0) is 4.53 Å². The van der Waals surface area contributed by atoms with E-state index in [1.807, 2.05) is 39.3 Å². The van der Waals surface area contributed by atoms with Crippen molar-refractivity contribution >= 4 is 67.9 Å². The van der Waals surface area contributed by atoms with E-state index in [9.17, 15) is 4.91 Å². The summed E-state index contributed by atoms with van der Waals surface area (Å²) in [5.74, 6) is 0. The first-order valence-corrected chi connectivity index (χ1v) is 10.6. The summed E-state index contributed by atoms with van der Waals surface area (Å²) in [6.07, 6.45) is 0. The Labute approximate surface area is 119 Å². The van der Waals surface area contributed by atoms with Gasteiger partial charge in [-0.3, -0.25) is 0 Å². The van der Waals surface area contributed by atoms with Crippen molar-refractivity contribution in [3.63, 3.8) is 0 Å². The fourth-order valence-electron chi connectivity index (χ4n) is 0.386. The molecule has 0 aliphatic heterocycles. The summed E-state index contributed by atoms with van der Waals surface area (Å²) in [5.41, 5.74) is 0. The molecule has 12 heavy (non-hydrogen) atoms. The van der Waals surface area contributed by atoms with Gasteiger partial charge in [-0.1, -0.05) is 0 Å². The maximum atomic E-state index is 11.3. The number of hydrogen-bond acceptors (Lipinski definition) is 2. The van der Waals surface area contributed by atoms with Crippen molar-refractivity contribution in [1.82, 2.24) is 0 Å². The van der Waals surface area contributed by atoms with Gasteiger partial charge < -0.3 is 4.53 Å². The van der Waals surface area contributed by atoms with Crippen LogP contribution in [-0.4, -0.2) is 72.5 Å². The predicted octanol–water partition coefficient (Wildman–Crippen LogP) is 1.72. The summed E-state index contributed by atoms with van der Waals surface area (Å²) in [6, 6.07) is 0. The summed E-state index contributed by atoms with van der Waals surface area (Å²) < 4.78 is 6.13. The van der Waals surface area contributed by atoms with Crippen LogP contribution in [0.2, 0.25) is 39.3 Å². The summed E-state index contributed by atoms with van der Waals surface area (Å²) in [4.78, 5) is 11.3. The molecule has 0 unspecified atom stereocenters. The van der Waals surface area contributed by atoms with Crippen LogP contribution in [0.15, 0.2) is 0 Å². The SMILES string of the molecule is C[Si](C)(C)O[N+](=O)[Si](C)(C)C.[KH]. The molecule has 68 valence electrons. The molecule has 0 atom stereocenters. The second-order valence-corrected chi connectivity index (χ2v) is 13.7. The Hall–Kier alpha value is 1.47. The monoisotopic (exact) mass is 232 g/mol. The van der Waals surface area contributed by atoms with Crippen LogP contribution in [0.4, 0.5) is 0 Å². The third-order valence-electron chi connectivity index (χ3n) is 0.904. The molecule has 0 spiro atoms. The van der Waals surface area contributed by atoms with Crippen LogP contribution in [0, 0.1) is 4.91 Å². The van der Waals surface area contributed by atoms with Crippen molar-refractivity contribution in [2.45, 2.75) is 39.3 Å². The molecule has 0 aliphatic rings. The second kappa shape index (κ2) is 5.38.